The Kier molecular flexibility index (Phi) is 3.72. The predicted octanol–water partition coefficient (Wildman–Crippen LogP) is 3.47. The molecule has 1 aliphatic carbocycles. The molecule has 0 saturated heterocycles. The third-order valence-corrected chi connectivity index (χ3v) is 4.95. The zero-order valence-corrected chi connectivity index (χ0v) is 12.3. The molecule has 2 aromatic heterocycles. The molecule has 3 rings (SSSR count). The van der Waals surface area contributed by atoms with Gasteiger partial charge in [-0.3, -0.25) is 0 Å². The number of aryl methyl sites for hydroxylation is 1. The number of rotatable bonds is 3. The van der Waals surface area contributed by atoms with E-state index in [-0.39, 0.29) is 0 Å². The summed E-state index contributed by atoms with van der Waals surface area (Å²) in [5.74, 6) is 0. The van der Waals surface area contributed by atoms with Gasteiger partial charge < -0.3 is 5.32 Å². The maximum Gasteiger partial charge on any atom is 0.0769 e. The topological polar surface area (TPSA) is 37.8 Å². The van der Waals surface area contributed by atoms with Crippen LogP contribution in [0.3, 0.4) is 0 Å². The molecule has 0 bridgehead atoms. The predicted molar refractivity (Wildman–Crippen MR) is 76.6 cm³/mol. The van der Waals surface area contributed by atoms with Gasteiger partial charge in [0.05, 0.1) is 9.48 Å². The summed E-state index contributed by atoms with van der Waals surface area (Å²) < 4.78 is 1.24. The smallest absolute Gasteiger partial charge is 0.0769 e. The van der Waals surface area contributed by atoms with E-state index in [0.717, 1.165) is 12.2 Å². The van der Waals surface area contributed by atoms with Crippen LogP contribution in [0.25, 0.3) is 0 Å². The third-order valence-electron chi connectivity index (χ3n) is 3.24. The molecule has 0 spiro atoms. The second kappa shape index (κ2) is 5.47. The first-order chi connectivity index (χ1) is 8.83. The first-order valence-corrected chi connectivity index (χ1v) is 7.72. The molecule has 0 amide bonds. The summed E-state index contributed by atoms with van der Waals surface area (Å²) in [4.78, 5) is 1.52. The van der Waals surface area contributed by atoms with Crippen LogP contribution in [-0.4, -0.2) is 10.2 Å². The Bertz CT molecular complexity index is 526. The standard InChI is InChI=1S/C13H14BrN3S/c14-13-7-10-11(4-1-5-12(10)18-13)15-8-9-3-2-6-16-17-9/h2-3,6-7,11,15H,1,4-5,8H2. The normalized spacial score (nSPS) is 18.6. The molecule has 1 unspecified atom stereocenters. The van der Waals surface area contributed by atoms with Crippen LogP contribution < -0.4 is 5.32 Å². The highest BCUT2D eigenvalue weighted by molar-refractivity contribution is 9.11. The summed E-state index contributed by atoms with van der Waals surface area (Å²) in [7, 11) is 0. The van der Waals surface area contributed by atoms with E-state index >= 15 is 0 Å². The molecule has 1 atom stereocenters. The van der Waals surface area contributed by atoms with Gasteiger partial charge in [0.15, 0.2) is 0 Å². The van der Waals surface area contributed by atoms with E-state index in [1.54, 1.807) is 6.20 Å². The molecule has 1 N–H and O–H groups in total. The fourth-order valence-electron chi connectivity index (χ4n) is 2.39. The van der Waals surface area contributed by atoms with Gasteiger partial charge in [0.2, 0.25) is 0 Å². The van der Waals surface area contributed by atoms with Gasteiger partial charge in [-0.25, -0.2) is 0 Å². The van der Waals surface area contributed by atoms with Gasteiger partial charge in [-0.15, -0.1) is 11.3 Å². The average molecular weight is 324 g/mol. The first-order valence-electron chi connectivity index (χ1n) is 6.11. The maximum absolute atomic E-state index is 4.11. The number of hydrogen-bond acceptors (Lipinski definition) is 4. The van der Waals surface area contributed by atoms with Crippen molar-refractivity contribution in [2.24, 2.45) is 0 Å². The summed E-state index contributed by atoms with van der Waals surface area (Å²) in [6.45, 7) is 0.783. The molecule has 94 valence electrons. The van der Waals surface area contributed by atoms with E-state index in [1.165, 1.54) is 33.5 Å². The second-order valence-corrected chi connectivity index (χ2v) is 6.99. The van der Waals surface area contributed by atoms with Crippen molar-refractivity contribution in [2.45, 2.75) is 31.8 Å². The third kappa shape index (κ3) is 2.63. The van der Waals surface area contributed by atoms with Crippen LogP contribution in [0.15, 0.2) is 28.2 Å². The highest BCUT2D eigenvalue weighted by atomic mass is 79.9. The Morgan fingerprint density at radius 3 is 3.28 bits per heavy atom. The number of hydrogen-bond donors (Lipinski definition) is 1. The van der Waals surface area contributed by atoms with Crippen molar-refractivity contribution in [3.05, 3.63) is 44.3 Å². The summed E-state index contributed by atoms with van der Waals surface area (Å²) in [6, 6.07) is 6.65. The molecule has 1 aliphatic rings. The largest absolute Gasteiger partial charge is 0.304 e. The van der Waals surface area contributed by atoms with Gasteiger partial charge in [-0.05, 0) is 59.0 Å². The minimum atomic E-state index is 0.457. The van der Waals surface area contributed by atoms with Crippen molar-refractivity contribution >= 4 is 27.3 Å². The van der Waals surface area contributed by atoms with Crippen LogP contribution in [-0.2, 0) is 13.0 Å². The Labute approximate surface area is 119 Å². The molecule has 0 radical (unpaired) electrons. The summed E-state index contributed by atoms with van der Waals surface area (Å²) in [5.41, 5.74) is 2.46. The quantitative estimate of drug-likeness (QED) is 0.939. The molecule has 5 heteroatoms. The summed E-state index contributed by atoms with van der Waals surface area (Å²) in [5, 5.41) is 11.6. The van der Waals surface area contributed by atoms with Crippen molar-refractivity contribution in [1.29, 1.82) is 0 Å². The van der Waals surface area contributed by atoms with Crippen molar-refractivity contribution in [3.63, 3.8) is 0 Å². The lowest BCUT2D eigenvalue weighted by molar-refractivity contribution is 0.459. The van der Waals surface area contributed by atoms with E-state index in [0.29, 0.717) is 6.04 Å². The number of halogens is 1. The summed E-state index contributed by atoms with van der Waals surface area (Å²) in [6.07, 6.45) is 5.39. The number of aromatic nitrogens is 2. The zero-order valence-electron chi connectivity index (χ0n) is 9.90. The lowest BCUT2D eigenvalue weighted by Gasteiger charge is -2.23. The molecule has 18 heavy (non-hydrogen) atoms. The second-order valence-electron chi connectivity index (χ2n) is 4.47. The van der Waals surface area contributed by atoms with E-state index < -0.39 is 0 Å². The van der Waals surface area contributed by atoms with Crippen LogP contribution in [0.4, 0.5) is 0 Å². The SMILES string of the molecule is Brc1cc2c(s1)CCCC2NCc1cccnn1. The lowest BCUT2D eigenvalue weighted by atomic mass is 9.94. The number of fused-ring (bicyclic) bond motifs is 1. The number of nitrogens with zero attached hydrogens (tertiary/aromatic N) is 2. The fourth-order valence-corrected chi connectivity index (χ4v) is 4.21. The first kappa shape index (κ1) is 12.3. The van der Waals surface area contributed by atoms with Crippen LogP contribution >= 0.6 is 27.3 Å². The van der Waals surface area contributed by atoms with E-state index in [1.807, 2.05) is 23.5 Å². The van der Waals surface area contributed by atoms with Gasteiger partial charge in [-0.2, -0.15) is 10.2 Å². The Morgan fingerprint density at radius 1 is 1.50 bits per heavy atom. The molecule has 0 fully saturated rings. The Balaban J connectivity index is 1.71. The Morgan fingerprint density at radius 2 is 2.44 bits per heavy atom. The highest BCUT2D eigenvalue weighted by Crippen LogP contribution is 2.37. The van der Waals surface area contributed by atoms with Gasteiger partial charge >= 0.3 is 0 Å². The minimum Gasteiger partial charge on any atom is -0.304 e. The van der Waals surface area contributed by atoms with Gasteiger partial charge in [0.1, 0.15) is 0 Å². The maximum atomic E-state index is 4.11. The van der Waals surface area contributed by atoms with Crippen molar-refractivity contribution < 1.29 is 0 Å². The van der Waals surface area contributed by atoms with E-state index in [2.05, 4.69) is 37.5 Å². The van der Waals surface area contributed by atoms with Crippen LogP contribution in [0, 0.1) is 0 Å². The molecule has 2 heterocycles. The molecular weight excluding hydrogens is 310 g/mol. The van der Waals surface area contributed by atoms with Crippen LogP contribution in [0.5, 0.6) is 0 Å². The molecule has 0 aromatic carbocycles. The number of nitrogens with one attached hydrogen (secondary N) is 1. The van der Waals surface area contributed by atoms with E-state index in [9.17, 15) is 0 Å². The van der Waals surface area contributed by atoms with Gasteiger partial charge in [0.25, 0.3) is 0 Å². The average Bonchev–Trinajstić information content (AvgIpc) is 2.78. The van der Waals surface area contributed by atoms with Crippen LogP contribution in [0.2, 0.25) is 0 Å². The van der Waals surface area contributed by atoms with Crippen molar-refractivity contribution in [1.82, 2.24) is 15.5 Å². The van der Waals surface area contributed by atoms with Crippen molar-refractivity contribution in [2.75, 3.05) is 0 Å². The fraction of sp³-hybridized carbons (Fsp3) is 0.385. The minimum absolute atomic E-state index is 0.457. The highest BCUT2D eigenvalue weighted by Gasteiger charge is 2.22. The van der Waals surface area contributed by atoms with Crippen molar-refractivity contribution in [3.8, 4) is 0 Å². The molecule has 3 nitrogen and oxygen atoms in total. The molecule has 0 aliphatic heterocycles. The summed E-state index contributed by atoms with van der Waals surface area (Å²) >= 11 is 5.45. The molecule has 2 aromatic rings. The van der Waals surface area contributed by atoms with E-state index in [4.69, 9.17) is 0 Å². The Hall–Kier alpha value is -0.780. The lowest BCUT2D eigenvalue weighted by Crippen LogP contribution is -2.24. The molecule has 0 saturated carbocycles. The molecular formula is C13H14BrN3S. The van der Waals surface area contributed by atoms with Gasteiger partial charge in [-0.1, -0.05) is 0 Å². The zero-order chi connectivity index (χ0) is 12.4. The monoisotopic (exact) mass is 323 g/mol. The van der Waals surface area contributed by atoms with Gasteiger partial charge in [0, 0.05) is 23.7 Å². The van der Waals surface area contributed by atoms with Crippen LogP contribution in [0.1, 0.15) is 35.0 Å². The number of thiophene rings is 1.